The van der Waals surface area contributed by atoms with Crippen LogP contribution in [-0.4, -0.2) is 55.5 Å². The summed E-state index contributed by atoms with van der Waals surface area (Å²) in [7, 11) is -3.61. The van der Waals surface area contributed by atoms with Crippen molar-refractivity contribution >= 4 is 27.6 Å². The third-order valence-corrected chi connectivity index (χ3v) is 6.70. The molecule has 9 heteroatoms. The van der Waals surface area contributed by atoms with Crippen LogP contribution in [-0.2, 0) is 27.7 Å². The molecule has 2 aromatic rings. The van der Waals surface area contributed by atoms with E-state index in [0.29, 0.717) is 37.2 Å². The fourth-order valence-corrected chi connectivity index (χ4v) is 4.87. The Bertz CT molecular complexity index is 916. The number of nitrogens with zero attached hydrogens (tertiary/aromatic N) is 4. The lowest BCUT2D eigenvalue weighted by atomic mass is 10.1. The summed E-state index contributed by atoms with van der Waals surface area (Å²) in [5, 5.41) is 0.403. The van der Waals surface area contributed by atoms with Gasteiger partial charge >= 0.3 is 0 Å². The van der Waals surface area contributed by atoms with Gasteiger partial charge in [-0.2, -0.15) is 4.31 Å². The van der Waals surface area contributed by atoms with E-state index in [0.717, 1.165) is 24.3 Å². The zero-order chi connectivity index (χ0) is 18.1. The van der Waals surface area contributed by atoms with Crippen LogP contribution in [0.2, 0.25) is 5.02 Å². The van der Waals surface area contributed by atoms with Crippen molar-refractivity contribution in [3.8, 4) is 0 Å². The standard InChI is InChI=1S/C17H19ClN4O3S/c18-14-2-1-3-15(10-14)26(23,24)22-5-4-13-11-19-17(20-16(13)12-22)21-6-8-25-9-7-21/h1-3,10-11H,4-9,12H2. The van der Waals surface area contributed by atoms with Crippen LogP contribution in [0, 0.1) is 0 Å². The van der Waals surface area contributed by atoms with Crippen LogP contribution in [0.3, 0.4) is 0 Å². The third-order valence-electron chi connectivity index (χ3n) is 4.63. The first-order chi connectivity index (χ1) is 12.5. The van der Waals surface area contributed by atoms with E-state index in [1.54, 1.807) is 18.2 Å². The van der Waals surface area contributed by atoms with Gasteiger partial charge in [0.15, 0.2) is 0 Å². The van der Waals surface area contributed by atoms with Crippen LogP contribution in [0.25, 0.3) is 0 Å². The summed E-state index contributed by atoms with van der Waals surface area (Å²) in [6, 6.07) is 6.35. The molecule has 0 atom stereocenters. The van der Waals surface area contributed by atoms with E-state index in [-0.39, 0.29) is 11.4 Å². The van der Waals surface area contributed by atoms with Gasteiger partial charge in [-0.3, -0.25) is 0 Å². The average molecular weight is 395 g/mol. The summed E-state index contributed by atoms with van der Waals surface area (Å²) >= 11 is 5.96. The van der Waals surface area contributed by atoms with Crippen molar-refractivity contribution in [2.75, 3.05) is 37.7 Å². The molecule has 7 nitrogen and oxygen atoms in total. The summed E-state index contributed by atoms with van der Waals surface area (Å²) in [5.41, 5.74) is 1.76. The molecule has 0 N–H and O–H groups in total. The molecule has 2 aliphatic heterocycles. The lowest BCUT2D eigenvalue weighted by Crippen LogP contribution is -2.39. The minimum Gasteiger partial charge on any atom is -0.378 e. The van der Waals surface area contributed by atoms with E-state index >= 15 is 0 Å². The van der Waals surface area contributed by atoms with Crippen molar-refractivity contribution < 1.29 is 13.2 Å². The van der Waals surface area contributed by atoms with E-state index in [2.05, 4.69) is 14.9 Å². The molecule has 26 heavy (non-hydrogen) atoms. The Kier molecular flexibility index (Phi) is 4.83. The normalized spacial score (nSPS) is 18.6. The number of halogens is 1. The minimum absolute atomic E-state index is 0.205. The van der Waals surface area contributed by atoms with Crippen LogP contribution in [0.1, 0.15) is 11.3 Å². The molecule has 3 heterocycles. The highest BCUT2D eigenvalue weighted by molar-refractivity contribution is 7.89. The maximum atomic E-state index is 12.9. The van der Waals surface area contributed by atoms with E-state index in [4.69, 9.17) is 16.3 Å². The van der Waals surface area contributed by atoms with Crippen molar-refractivity contribution in [3.05, 3.63) is 46.7 Å². The lowest BCUT2D eigenvalue weighted by molar-refractivity contribution is 0.122. The maximum Gasteiger partial charge on any atom is 0.243 e. The minimum atomic E-state index is -3.61. The van der Waals surface area contributed by atoms with Gasteiger partial charge < -0.3 is 9.64 Å². The van der Waals surface area contributed by atoms with Crippen LogP contribution >= 0.6 is 11.6 Å². The Morgan fingerprint density at radius 2 is 1.96 bits per heavy atom. The van der Waals surface area contributed by atoms with E-state index in [1.165, 1.54) is 10.4 Å². The zero-order valence-electron chi connectivity index (χ0n) is 14.1. The van der Waals surface area contributed by atoms with Gasteiger partial charge in [-0.1, -0.05) is 17.7 Å². The molecule has 138 valence electrons. The molecule has 0 unspecified atom stereocenters. The highest BCUT2D eigenvalue weighted by Crippen LogP contribution is 2.26. The SMILES string of the molecule is O=S(=O)(c1cccc(Cl)c1)N1CCc2cnc(N3CCOCC3)nc2C1. The van der Waals surface area contributed by atoms with Gasteiger partial charge in [0.2, 0.25) is 16.0 Å². The van der Waals surface area contributed by atoms with Crippen molar-refractivity contribution in [2.45, 2.75) is 17.9 Å². The molecule has 4 rings (SSSR count). The predicted molar refractivity (Wildman–Crippen MR) is 97.8 cm³/mol. The average Bonchev–Trinajstić information content (AvgIpc) is 2.68. The lowest BCUT2D eigenvalue weighted by Gasteiger charge is -2.30. The van der Waals surface area contributed by atoms with Gasteiger partial charge in [0.1, 0.15) is 0 Å². The van der Waals surface area contributed by atoms with Gasteiger partial charge in [0.05, 0.1) is 30.3 Å². The Balaban J connectivity index is 1.60. The second kappa shape index (κ2) is 7.11. The number of anilines is 1. The molecule has 0 radical (unpaired) electrons. The molecule has 0 amide bonds. The van der Waals surface area contributed by atoms with Crippen LogP contribution in [0.4, 0.5) is 5.95 Å². The molecular formula is C17H19ClN4O3S. The van der Waals surface area contributed by atoms with E-state index in [9.17, 15) is 8.42 Å². The summed E-state index contributed by atoms with van der Waals surface area (Å²) in [5.74, 6) is 0.633. The van der Waals surface area contributed by atoms with E-state index in [1.807, 2.05) is 6.20 Å². The number of rotatable bonds is 3. The molecule has 1 saturated heterocycles. The molecule has 2 aliphatic rings. The van der Waals surface area contributed by atoms with Crippen LogP contribution in [0.5, 0.6) is 0 Å². The molecule has 0 saturated carbocycles. The first-order valence-corrected chi connectivity index (χ1v) is 10.3. The van der Waals surface area contributed by atoms with Crippen molar-refractivity contribution in [3.63, 3.8) is 0 Å². The number of ether oxygens (including phenoxy) is 1. The molecule has 0 bridgehead atoms. The number of fused-ring (bicyclic) bond motifs is 1. The number of hydrogen-bond donors (Lipinski definition) is 0. The molecular weight excluding hydrogens is 376 g/mol. The molecule has 1 fully saturated rings. The Hall–Kier alpha value is -1.74. The maximum absolute atomic E-state index is 12.9. The molecule has 0 aliphatic carbocycles. The summed E-state index contributed by atoms with van der Waals surface area (Å²) in [6.45, 7) is 3.42. The van der Waals surface area contributed by atoms with Gasteiger partial charge in [-0.15, -0.1) is 0 Å². The Morgan fingerprint density at radius 1 is 1.15 bits per heavy atom. The number of hydrogen-bond acceptors (Lipinski definition) is 6. The quantitative estimate of drug-likeness (QED) is 0.789. The number of morpholine rings is 1. The first-order valence-electron chi connectivity index (χ1n) is 8.47. The van der Waals surface area contributed by atoms with Gasteiger partial charge in [0.25, 0.3) is 0 Å². The van der Waals surface area contributed by atoms with Crippen LogP contribution < -0.4 is 4.90 Å². The zero-order valence-corrected chi connectivity index (χ0v) is 15.7. The highest BCUT2D eigenvalue weighted by atomic mass is 35.5. The summed E-state index contributed by atoms with van der Waals surface area (Å²) < 4.78 is 32.7. The van der Waals surface area contributed by atoms with E-state index < -0.39 is 10.0 Å². The molecule has 1 aromatic carbocycles. The van der Waals surface area contributed by atoms with Crippen molar-refractivity contribution in [1.82, 2.24) is 14.3 Å². The smallest absolute Gasteiger partial charge is 0.243 e. The number of benzene rings is 1. The number of sulfonamides is 1. The predicted octanol–water partition coefficient (Wildman–Crippen LogP) is 1.71. The Labute approximate surface area is 157 Å². The summed E-state index contributed by atoms with van der Waals surface area (Å²) in [6.07, 6.45) is 2.41. The number of aromatic nitrogens is 2. The van der Waals surface area contributed by atoms with Gasteiger partial charge in [0, 0.05) is 30.9 Å². The van der Waals surface area contributed by atoms with Crippen molar-refractivity contribution in [1.29, 1.82) is 0 Å². The van der Waals surface area contributed by atoms with Crippen molar-refractivity contribution in [2.24, 2.45) is 0 Å². The Morgan fingerprint density at radius 3 is 2.73 bits per heavy atom. The largest absolute Gasteiger partial charge is 0.378 e. The second-order valence-electron chi connectivity index (χ2n) is 6.29. The van der Waals surface area contributed by atoms with Crippen LogP contribution in [0.15, 0.2) is 35.4 Å². The fourth-order valence-electron chi connectivity index (χ4n) is 3.17. The van der Waals surface area contributed by atoms with Gasteiger partial charge in [-0.25, -0.2) is 18.4 Å². The third kappa shape index (κ3) is 3.42. The first kappa shape index (κ1) is 17.7. The topological polar surface area (TPSA) is 75.6 Å². The second-order valence-corrected chi connectivity index (χ2v) is 8.66. The summed E-state index contributed by atoms with van der Waals surface area (Å²) in [4.78, 5) is 11.4. The van der Waals surface area contributed by atoms with Gasteiger partial charge in [-0.05, 0) is 30.2 Å². The monoisotopic (exact) mass is 394 g/mol. The fraction of sp³-hybridized carbons (Fsp3) is 0.412. The molecule has 1 aromatic heterocycles. The molecule has 0 spiro atoms. The highest BCUT2D eigenvalue weighted by Gasteiger charge is 2.30.